The molecular formula is C39H38N4O4. The third kappa shape index (κ3) is 5.93. The van der Waals surface area contributed by atoms with Crippen LogP contribution in [0.5, 0.6) is 5.75 Å². The summed E-state index contributed by atoms with van der Waals surface area (Å²) < 4.78 is 8.26. The number of carboxylic acids is 1. The van der Waals surface area contributed by atoms with Crippen molar-refractivity contribution in [1.82, 2.24) is 14.4 Å². The molecule has 1 aromatic heterocycles. The van der Waals surface area contributed by atoms with Gasteiger partial charge < -0.3 is 24.2 Å². The maximum Gasteiger partial charge on any atom is 0.336 e. The van der Waals surface area contributed by atoms with Gasteiger partial charge in [0.2, 0.25) is 0 Å². The number of aromatic nitrogens is 1. The van der Waals surface area contributed by atoms with Gasteiger partial charge in [0.15, 0.2) is 0 Å². The number of carbonyl (C=O) groups is 2. The fourth-order valence-electron chi connectivity index (χ4n) is 6.84. The molecule has 7 rings (SSSR count). The van der Waals surface area contributed by atoms with Crippen LogP contribution in [-0.4, -0.2) is 71.7 Å². The normalized spacial score (nSPS) is 15.1. The third-order valence-electron chi connectivity index (χ3n) is 9.43. The van der Waals surface area contributed by atoms with Crippen molar-refractivity contribution in [3.05, 3.63) is 131 Å². The van der Waals surface area contributed by atoms with Crippen molar-refractivity contribution >= 4 is 17.6 Å². The summed E-state index contributed by atoms with van der Waals surface area (Å²) >= 11 is 0. The number of hydrogen-bond donors (Lipinski definition) is 1. The van der Waals surface area contributed by atoms with Crippen LogP contribution in [0, 0.1) is 0 Å². The number of amides is 1. The van der Waals surface area contributed by atoms with Crippen LogP contribution < -0.4 is 9.64 Å². The minimum Gasteiger partial charge on any atom is -0.496 e. The third-order valence-corrected chi connectivity index (χ3v) is 9.43. The predicted octanol–water partition coefficient (Wildman–Crippen LogP) is 6.49. The lowest BCUT2D eigenvalue weighted by molar-refractivity contribution is 0.0697. The average molecular weight is 627 g/mol. The van der Waals surface area contributed by atoms with Crippen LogP contribution in [0.15, 0.2) is 103 Å². The summed E-state index contributed by atoms with van der Waals surface area (Å²) in [6.45, 7) is 6.30. The van der Waals surface area contributed by atoms with E-state index in [1.165, 1.54) is 5.69 Å². The van der Waals surface area contributed by atoms with Crippen molar-refractivity contribution in [2.75, 3.05) is 45.2 Å². The molecule has 3 heterocycles. The van der Waals surface area contributed by atoms with E-state index in [1.54, 1.807) is 25.3 Å². The standard InChI is InChI=1S/C39H38N4O4/c1-40-19-21-41(22-20-40)25-29-16-17-30-26-43(36-14-8-3-9-28(36)24-42(29)30)38(44)27-15-18-34(37(23-27)47-2)32-11-5-4-10-31(32)33-12-6-7-13-35(33)39(45)46/h3-18,23H,19-22,24-26H2,1-2H3,(H,45,46). The molecule has 2 aliphatic heterocycles. The highest BCUT2D eigenvalue weighted by Gasteiger charge is 2.28. The molecule has 1 fully saturated rings. The van der Waals surface area contributed by atoms with Gasteiger partial charge >= 0.3 is 5.97 Å². The predicted molar refractivity (Wildman–Crippen MR) is 184 cm³/mol. The molecule has 1 amide bonds. The number of ether oxygens (including phenoxy) is 1. The second-order valence-corrected chi connectivity index (χ2v) is 12.3. The number of likely N-dealkylation sites (N-methyl/N-ethyl adjacent to an activating group) is 1. The number of nitrogens with zero attached hydrogens (tertiary/aromatic N) is 4. The monoisotopic (exact) mass is 626 g/mol. The Morgan fingerprint density at radius 3 is 2.17 bits per heavy atom. The number of carbonyl (C=O) groups excluding carboxylic acids is 1. The summed E-state index contributed by atoms with van der Waals surface area (Å²) in [5.74, 6) is -0.558. The van der Waals surface area contributed by atoms with E-state index in [0.717, 1.165) is 66.4 Å². The van der Waals surface area contributed by atoms with Crippen LogP contribution in [0.25, 0.3) is 22.3 Å². The first-order valence-electron chi connectivity index (χ1n) is 16.0. The molecule has 5 aromatic rings. The van der Waals surface area contributed by atoms with Crippen molar-refractivity contribution in [2.45, 2.75) is 19.6 Å². The van der Waals surface area contributed by atoms with Gasteiger partial charge in [-0.2, -0.15) is 0 Å². The fraction of sp³-hybridized carbons (Fsp3) is 0.231. The quantitative estimate of drug-likeness (QED) is 0.223. The minimum absolute atomic E-state index is 0.109. The Hall–Kier alpha value is -5.18. The van der Waals surface area contributed by atoms with Crippen LogP contribution in [0.1, 0.15) is 37.7 Å². The van der Waals surface area contributed by atoms with E-state index in [9.17, 15) is 14.7 Å². The van der Waals surface area contributed by atoms with Crippen molar-refractivity contribution in [3.63, 3.8) is 0 Å². The first-order valence-corrected chi connectivity index (χ1v) is 16.0. The largest absolute Gasteiger partial charge is 0.496 e. The molecule has 8 nitrogen and oxygen atoms in total. The number of para-hydroxylation sites is 1. The van der Waals surface area contributed by atoms with E-state index in [0.29, 0.717) is 30.0 Å². The van der Waals surface area contributed by atoms with E-state index in [1.807, 2.05) is 71.6 Å². The molecule has 0 unspecified atom stereocenters. The lowest BCUT2D eigenvalue weighted by Crippen LogP contribution is -2.44. The Morgan fingerprint density at radius 2 is 1.43 bits per heavy atom. The highest BCUT2D eigenvalue weighted by Crippen LogP contribution is 2.39. The van der Waals surface area contributed by atoms with Gasteiger partial charge in [-0.3, -0.25) is 9.69 Å². The van der Waals surface area contributed by atoms with Crippen molar-refractivity contribution in [3.8, 4) is 28.0 Å². The van der Waals surface area contributed by atoms with Crippen LogP contribution in [-0.2, 0) is 19.6 Å². The molecule has 1 N–H and O–H groups in total. The lowest BCUT2D eigenvalue weighted by Gasteiger charge is -2.32. The Morgan fingerprint density at radius 1 is 0.745 bits per heavy atom. The SMILES string of the molecule is COc1cc(C(=O)N2Cc3ccc(CN4CCN(C)CC4)n3Cc3ccccc32)ccc1-c1ccccc1-c1ccccc1C(=O)O. The minimum atomic E-state index is -0.987. The average Bonchev–Trinajstić information content (AvgIpc) is 3.38. The van der Waals surface area contributed by atoms with Crippen LogP contribution in [0.4, 0.5) is 5.69 Å². The molecule has 1 saturated heterocycles. The topological polar surface area (TPSA) is 78.2 Å². The first kappa shape index (κ1) is 30.5. The summed E-state index contributed by atoms with van der Waals surface area (Å²) in [6.07, 6.45) is 0. The van der Waals surface area contributed by atoms with E-state index < -0.39 is 5.97 Å². The fourth-order valence-corrected chi connectivity index (χ4v) is 6.84. The highest BCUT2D eigenvalue weighted by molar-refractivity contribution is 6.07. The van der Waals surface area contributed by atoms with Gasteiger partial charge in [0.25, 0.3) is 5.91 Å². The molecule has 0 saturated carbocycles. The zero-order valence-corrected chi connectivity index (χ0v) is 26.7. The van der Waals surface area contributed by atoms with Gasteiger partial charge in [-0.25, -0.2) is 4.79 Å². The molecule has 238 valence electrons. The molecule has 47 heavy (non-hydrogen) atoms. The number of rotatable bonds is 7. The van der Waals surface area contributed by atoms with Crippen LogP contribution >= 0.6 is 0 Å². The summed E-state index contributed by atoms with van der Waals surface area (Å²) in [7, 11) is 3.77. The molecule has 4 aromatic carbocycles. The van der Waals surface area contributed by atoms with Crippen molar-refractivity contribution in [1.29, 1.82) is 0 Å². The van der Waals surface area contributed by atoms with E-state index in [-0.39, 0.29) is 11.5 Å². The molecule has 2 aliphatic rings. The summed E-state index contributed by atoms with van der Waals surface area (Å²) in [5, 5.41) is 9.87. The Labute approximate surface area is 275 Å². The van der Waals surface area contributed by atoms with E-state index >= 15 is 0 Å². The zero-order valence-electron chi connectivity index (χ0n) is 26.7. The number of carboxylic acid groups (broad SMARTS) is 1. The number of benzene rings is 4. The van der Waals surface area contributed by atoms with Gasteiger partial charge in [-0.1, -0.05) is 60.7 Å². The molecular weight excluding hydrogens is 588 g/mol. The molecule has 0 aliphatic carbocycles. The number of fused-ring (bicyclic) bond motifs is 2. The van der Waals surface area contributed by atoms with Gasteiger partial charge in [0.1, 0.15) is 5.75 Å². The van der Waals surface area contributed by atoms with Crippen LogP contribution in [0.3, 0.4) is 0 Å². The zero-order chi connectivity index (χ0) is 32.5. The lowest BCUT2D eigenvalue weighted by atomic mass is 9.91. The Balaban J connectivity index is 1.22. The van der Waals surface area contributed by atoms with Crippen molar-refractivity contribution < 1.29 is 19.4 Å². The van der Waals surface area contributed by atoms with Gasteiger partial charge in [-0.15, -0.1) is 0 Å². The second-order valence-electron chi connectivity index (χ2n) is 12.3. The van der Waals surface area contributed by atoms with Gasteiger partial charge in [0, 0.05) is 67.5 Å². The smallest absolute Gasteiger partial charge is 0.336 e. The van der Waals surface area contributed by atoms with Gasteiger partial charge in [-0.05, 0) is 71.8 Å². The van der Waals surface area contributed by atoms with Gasteiger partial charge in [0.05, 0.1) is 19.2 Å². The number of methoxy groups -OCH3 is 1. The maximum atomic E-state index is 14.4. The number of hydrogen-bond acceptors (Lipinski definition) is 5. The molecule has 0 radical (unpaired) electrons. The van der Waals surface area contributed by atoms with E-state index in [2.05, 4.69) is 39.6 Å². The Kier molecular flexibility index (Phi) is 8.37. The van der Waals surface area contributed by atoms with E-state index in [4.69, 9.17) is 4.74 Å². The summed E-state index contributed by atoms with van der Waals surface area (Å²) in [5.41, 5.74) is 8.11. The second kappa shape index (κ2) is 12.9. The highest BCUT2D eigenvalue weighted by atomic mass is 16.5. The maximum absolute atomic E-state index is 14.4. The molecule has 8 heteroatoms. The van der Waals surface area contributed by atoms with Crippen LogP contribution in [0.2, 0.25) is 0 Å². The summed E-state index contributed by atoms with van der Waals surface area (Å²) in [4.78, 5) is 33.2. The number of piperazine rings is 1. The number of aromatic carboxylic acids is 1. The van der Waals surface area contributed by atoms with Crippen molar-refractivity contribution in [2.24, 2.45) is 0 Å². The number of anilines is 1. The molecule has 0 spiro atoms. The molecule has 0 atom stereocenters. The summed E-state index contributed by atoms with van der Waals surface area (Å²) in [6, 6.07) is 32.7. The Bertz CT molecular complexity index is 1960. The first-order chi connectivity index (χ1) is 22.9. The molecule has 0 bridgehead atoms.